The molecule has 2 N–H and O–H groups in total. The van der Waals surface area contributed by atoms with Crippen molar-refractivity contribution >= 4 is 17.4 Å². The smallest absolute Gasteiger partial charge is 0.125 e. The molecule has 4 heteroatoms. The molecule has 0 aliphatic heterocycles. The second kappa shape index (κ2) is 4.41. The van der Waals surface area contributed by atoms with Crippen LogP contribution in [-0.2, 0) is 7.05 Å². The van der Waals surface area contributed by atoms with E-state index in [2.05, 4.69) is 18.9 Å². The molecule has 2 aromatic rings. The van der Waals surface area contributed by atoms with E-state index in [0.29, 0.717) is 5.92 Å². The third-order valence-electron chi connectivity index (χ3n) is 2.82. The number of hydrogen-bond donors (Lipinski definition) is 1. The molecule has 0 aliphatic carbocycles. The summed E-state index contributed by atoms with van der Waals surface area (Å²) in [6.07, 6.45) is 0. The molecule has 1 aromatic heterocycles. The van der Waals surface area contributed by atoms with E-state index in [4.69, 9.17) is 17.3 Å². The lowest BCUT2D eigenvalue weighted by atomic mass is 9.99. The third kappa shape index (κ3) is 2.15. The lowest BCUT2D eigenvalue weighted by molar-refractivity contribution is 0.780. The summed E-state index contributed by atoms with van der Waals surface area (Å²) >= 11 is 5.89. The molecule has 17 heavy (non-hydrogen) atoms. The minimum atomic E-state index is 0.342. The lowest BCUT2D eigenvalue weighted by Crippen LogP contribution is -2.00. The van der Waals surface area contributed by atoms with E-state index in [1.165, 1.54) is 0 Å². The summed E-state index contributed by atoms with van der Waals surface area (Å²) in [6.45, 7) is 4.24. The summed E-state index contributed by atoms with van der Waals surface area (Å²) in [4.78, 5) is 0. The molecule has 0 atom stereocenters. The molecule has 0 unspecified atom stereocenters. The first kappa shape index (κ1) is 12.0. The average molecular weight is 250 g/mol. The van der Waals surface area contributed by atoms with Gasteiger partial charge in [0.1, 0.15) is 5.82 Å². The quantitative estimate of drug-likeness (QED) is 0.886. The predicted molar refractivity (Wildman–Crippen MR) is 72.2 cm³/mol. The van der Waals surface area contributed by atoms with Gasteiger partial charge in [0, 0.05) is 23.2 Å². The number of rotatable bonds is 2. The fourth-order valence-corrected chi connectivity index (χ4v) is 2.07. The number of aryl methyl sites for hydroxylation is 1. The van der Waals surface area contributed by atoms with Gasteiger partial charge in [-0.1, -0.05) is 37.6 Å². The van der Waals surface area contributed by atoms with Crippen LogP contribution in [0.2, 0.25) is 5.02 Å². The van der Waals surface area contributed by atoms with Crippen molar-refractivity contribution in [2.75, 3.05) is 5.73 Å². The van der Waals surface area contributed by atoms with Gasteiger partial charge in [0.05, 0.1) is 5.69 Å². The normalized spacial score (nSPS) is 11.1. The van der Waals surface area contributed by atoms with Crippen molar-refractivity contribution in [3.63, 3.8) is 0 Å². The van der Waals surface area contributed by atoms with Crippen LogP contribution in [0, 0.1) is 0 Å². The molecule has 0 spiro atoms. The molecule has 0 fully saturated rings. The number of aromatic nitrogens is 2. The van der Waals surface area contributed by atoms with Gasteiger partial charge in [0.15, 0.2) is 0 Å². The second-order valence-electron chi connectivity index (χ2n) is 4.43. The van der Waals surface area contributed by atoms with Crippen LogP contribution in [0.5, 0.6) is 0 Å². The highest BCUT2D eigenvalue weighted by Crippen LogP contribution is 2.32. The van der Waals surface area contributed by atoms with E-state index in [9.17, 15) is 0 Å². The number of nitrogens with two attached hydrogens (primary N) is 1. The van der Waals surface area contributed by atoms with Crippen molar-refractivity contribution in [1.29, 1.82) is 0 Å². The SMILES string of the molecule is CC(C)c1c(-c2ccc(Cl)cc2)nn(C)c1N. The third-order valence-corrected chi connectivity index (χ3v) is 3.08. The fourth-order valence-electron chi connectivity index (χ4n) is 1.94. The number of nitrogen functional groups attached to an aromatic ring is 1. The largest absolute Gasteiger partial charge is 0.384 e. The zero-order chi connectivity index (χ0) is 12.6. The number of anilines is 1. The minimum absolute atomic E-state index is 0.342. The van der Waals surface area contributed by atoms with Crippen LogP contribution in [0.15, 0.2) is 24.3 Å². The first-order valence-corrected chi connectivity index (χ1v) is 5.96. The van der Waals surface area contributed by atoms with Crippen LogP contribution >= 0.6 is 11.6 Å². The summed E-state index contributed by atoms with van der Waals surface area (Å²) in [6, 6.07) is 7.67. The molecule has 0 radical (unpaired) electrons. The Morgan fingerprint density at radius 2 is 1.82 bits per heavy atom. The Bertz CT molecular complexity index is 526. The molecule has 0 saturated carbocycles. The van der Waals surface area contributed by atoms with Crippen molar-refractivity contribution in [3.05, 3.63) is 34.9 Å². The van der Waals surface area contributed by atoms with Crippen molar-refractivity contribution in [2.24, 2.45) is 7.05 Å². The van der Waals surface area contributed by atoms with Crippen LogP contribution in [0.4, 0.5) is 5.82 Å². The molecular formula is C13H16ClN3. The van der Waals surface area contributed by atoms with E-state index in [0.717, 1.165) is 27.7 Å². The van der Waals surface area contributed by atoms with Crippen molar-refractivity contribution in [3.8, 4) is 11.3 Å². The van der Waals surface area contributed by atoms with Gasteiger partial charge in [-0.15, -0.1) is 0 Å². The van der Waals surface area contributed by atoms with E-state index in [1.807, 2.05) is 31.3 Å². The number of halogens is 1. The molecular weight excluding hydrogens is 234 g/mol. The van der Waals surface area contributed by atoms with Gasteiger partial charge in [0.2, 0.25) is 0 Å². The van der Waals surface area contributed by atoms with E-state index in [1.54, 1.807) is 4.68 Å². The predicted octanol–water partition coefficient (Wildman–Crippen LogP) is 3.45. The van der Waals surface area contributed by atoms with Gasteiger partial charge in [-0.3, -0.25) is 4.68 Å². The Hall–Kier alpha value is -1.48. The highest BCUT2D eigenvalue weighted by Gasteiger charge is 2.17. The lowest BCUT2D eigenvalue weighted by Gasteiger charge is -2.07. The Balaban J connectivity index is 2.59. The molecule has 0 bridgehead atoms. The zero-order valence-corrected chi connectivity index (χ0v) is 11.0. The monoisotopic (exact) mass is 249 g/mol. The number of hydrogen-bond acceptors (Lipinski definition) is 2. The van der Waals surface area contributed by atoms with Crippen LogP contribution < -0.4 is 5.73 Å². The summed E-state index contributed by atoms with van der Waals surface area (Å²) in [5.74, 6) is 1.07. The molecule has 0 aliphatic rings. The van der Waals surface area contributed by atoms with Gasteiger partial charge in [-0.05, 0) is 18.1 Å². The highest BCUT2D eigenvalue weighted by molar-refractivity contribution is 6.30. The van der Waals surface area contributed by atoms with Crippen molar-refractivity contribution < 1.29 is 0 Å². The molecule has 90 valence electrons. The molecule has 0 amide bonds. The summed E-state index contributed by atoms with van der Waals surface area (Å²) in [5.41, 5.74) is 9.13. The first-order valence-electron chi connectivity index (χ1n) is 5.59. The fraction of sp³-hybridized carbons (Fsp3) is 0.308. The van der Waals surface area contributed by atoms with Crippen LogP contribution in [0.1, 0.15) is 25.3 Å². The second-order valence-corrected chi connectivity index (χ2v) is 4.87. The molecule has 1 aromatic carbocycles. The minimum Gasteiger partial charge on any atom is -0.384 e. The zero-order valence-electron chi connectivity index (χ0n) is 10.2. The van der Waals surface area contributed by atoms with Gasteiger partial charge in [-0.2, -0.15) is 5.10 Å². The summed E-state index contributed by atoms with van der Waals surface area (Å²) in [5, 5.41) is 5.21. The van der Waals surface area contributed by atoms with Crippen LogP contribution in [0.3, 0.4) is 0 Å². The molecule has 3 nitrogen and oxygen atoms in total. The Kier molecular flexibility index (Phi) is 3.11. The Labute approximate surface area is 106 Å². The summed E-state index contributed by atoms with van der Waals surface area (Å²) < 4.78 is 1.72. The Morgan fingerprint density at radius 1 is 1.24 bits per heavy atom. The van der Waals surface area contributed by atoms with Crippen LogP contribution in [0.25, 0.3) is 11.3 Å². The maximum atomic E-state index is 6.05. The van der Waals surface area contributed by atoms with Crippen LogP contribution in [-0.4, -0.2) is 9.78 Å². The van der Waals surface area contributed by atoms with E-state index < -0.39 is 0 Å². The topological polar surface area (TPSA) is 43.8 Å². The van der Waals surface area contributed by atoms with Gasteiger partial charge >= 0.3 is 0 Å². The van der Waals surface area contributed by atoms with Crippen molar-refractivity contribution in [1.82, 2.24) is 9.78 Å². The molecule has 0 saturated heterocycles. The molecule has 2 rings (SSSR count). The average Bonchev–Trinajstić information content (AvgIpc) is 2.56. The Morgan fingerprint density at radius 3 is 2.35 bits per heavy atom. The maximum Gasteiger partial charge on any atom is 0.125 e. The van der Waals surface area contributed by atoms with Gasteiger partial charge < -0.3 is 5.73 Å². The van der Waals surface area contributed by atoms with E-state index >= 15 is 0 Å². The van der Waals surface area contributed by atoms with E-state index in [-0.39, 0.29) is 0 Å². The maximum absolute atomic E-state index is 6.05. The molecule has 1 heterocycles. The number of benzene rings is 1. The van der Waals surface area contributed by atoms with Gasteiger partial charge in [0.25, 0.3) is 0 Å². The number of nitrogens with zero attached hydrogens (tertiary/aromatic N) is 2. The highest BCUT2D eigenvalue weighted by atomic mass is 35.5. The van der Waals surface area contributed by atoms with Crippen molar-refractivity contribution in [2.45, 2.75) is 19.8 Å². The first-order chi connectivity index (χ1) is 8.00. The standard InChI is InChI=1S/C13H16ClN3/c1-8(2)11-12(16-17(3)13(11)15)9-4-6-10(14)7-5-9/h4-8H,15H2,1-3H3. The summed E-state index contributed by atoms with van der Waals surface area (Å²) in [7, 11) is 1.86. The van der Waals surface area contributed by atoms with Gasteiger partial charge in [-0.25, -0.2) is 0 Å².